The fourth-order valence-electron chi connectivity index (χ4n) is 5.06. The fraction of sp³-hybridized carbons (Fsp3) is 0.667. The number of rotatable bonds is 6. The number of piperidine rings is 1. The maximum absolute atomic E-state index is 12.9. The van der Waals surface area contributed by atoms with Gasteiger partial charge in [-0.1, -0.05) is 0 Å². The number of alkyl halides is 3. The monoisotopic (exact) mass is 467 g/mol. The Labute approximate surface area is 192 Å². The van der Waals surface area contributed by atoms with Crippen LogP contribution in [0, 0.1) is 5.41 Å². The smallest absolute Gasteiger partial charge is 0.416 e. The lowest BCUT2D eigenvalue weighted by Gasteiger charge is -2.34. The van der Waals surface area contributed by atoms with Gasteiger partial charge in [-0.15, -0.1) is 0 Å². The summed E-state index contributed by atoms with van der Waals surface area (Å²) in [6.07, 6.45) is 1.42. The van der Waals surface area contributed by atoms with Crippen molar-refractivity contribution < 1.29 is 27.5 Å². The number of halogens is 3. The second-order valence-electron chi connectivity index (χ2n) is 9.54. The van der Waals surface area contributed by atoms with E-state index in [2.05, 4.69) is 4.90 Å². The summed E-state index contributed by atoms with van der Waals surface area (Å²) in [4.78, 5) is 31.4. The van der Waals surface area contributed by atoms with Crippen molar-refractivity contribution in [2.24, 2.45) is 5.41 Å². The maximum Gasteiger partial charge on any atom is 0.416 e. The highest BCUT2D eigenvalue weighted by molar-refractivity contribution is 5.85. The van der Waals surface area contributed by atoms with Crippen LogP contribution < -0.4 is 4.90 Å². The van der Waals surface area contributed by atoms with Crippen molar-refractivity contribution in [3.05, 3.63) is 29.8 Å². The molecular weight excluding hydrogens is 435 g/mol. The van der Waals surface area contributed by atoms with E-state index < -0.39 is 23.8 Å². The summed E-state index contributed by atoms with van der Waals surface area (Å²) in [6.45, 7) is 3.96. The largest absolute Gasteiger partial charge is 0.467 e. The molecule has 0 radical (unpaired) electrons. The highest BCUT2D eigenvalue weighted by Crippen LogP contribution is 2.53. The molecule has 1 amide bonds. The van der Waals surface area contributed by atoms with Gasteiger partial charge in [0.15, 0.2) is 0 Å². The van der Waals surface area contributed by atoms with E-state index in [1.807, 2.05) is 4.90 Å². The quantitative estimate of drug-likeness (QED) is 0.599. The van der Waals surface area contributed by atoms with E-state index in [0.29, 0.717) is 37.2 Å². The Morgan fingerprint density at radius 1 is 1.03 bits per heavy atom. The summed E-state index contributed by atoms with van der Waals surface area (Å²) in [5, 5.41) is 0. The van der Waals surface area contributed by atoms with Crippen LogP contribution in [-0.2, 0) is 20.5 Å². The van der Waals surface area contributed by atoms with Gasteiger partial charge in [0.25, 0.3) is 0 Å². The molecule has 0 bridgehead atoms. The number of hydrogen-bond acceptors (Lipinski definition) is 5. The van der Waals surface area contributed by atoms with Gasteiger partial charge in [0.2, 0.25) is 5.91 Å². The van der Waals surface area contributed by atoms with E-state index in [1.54, 1.807) is 4.90 Å². The molecule has 3 fully saturated rings. The molecule has 3 aliphatic rings. The summed E-state index contributed by atoms with van der Waals surface area (Å²) in [6, 6.07) is 4.34. The van der Waals surface area contributed by atoms with E-state index >= 15 is 0 Å². The number of carbonyl (C=O) groups excluding carboxylic acids is 2. The lowest BCUT2D eigenvalue weighted by Crippen LogP contribution is -2.48. The number of esters is 1. The van der Waals surface area contributed by atoms with Gasteiger partial charge in [-0.05, 0) is 74.9 Å². The van der Waals surface area contributed by atoms with Crippen molar-refractivity contribution >= 4 is 17.6 Å². The SMILES string of the molecule is COC(=O)[C@H](CCN1CCC2(CC1)CC2)N1CCN(c2ccc(C(F)(F)F)cc2)CCC1=O. The number of benzene rings is 1. The van der Waals surface area contributed by atoms with Crippen LogP contribution in [0.1, 0.15) is 44.1 Å². The van der Waals surface area contributed by atoms with Crippen molar-refractivity contribution in [2.45, 2.75) is 50.7 Å². The first-order valence-electron chi connectivity index (χ1n) is 11.7. The van der Waals surface area contributed by atoms with E-state index in [1.165, 1.54) is 44.9 Å². The third-order valence-corrected chi connectivity index (χ3v) is 7.53. The van der Waals surface area contributed by atoms with Gasteiger partial charge in [0, 0.05) is 38.3 Å². The van der Waals surface area contributed by atoms with Gasteiger partial charge < -0.3 is 19.4 Å². The van der Waals surface area contributed by atoms with Crippen LogP contribution in [-0.4, -0.2) is 74.1 Å². The Morgan fingerprint density at radius 3 is 2.27 bits per heavy atom. The second kappa shape index (κ2) is 9.52. The third-order valence-electron chi connectivity index (χ3n) is 7.53. The molecular formula is C24H32F3N3O3. The predicted molar refractivity (Wildman–Crippen MR) is 118 cm³/mol. The zero-order valence-electron chi connectivity index (χ0n) is 19.1. The van der Waals surface area contributed by atoms with Gasteiger partial charge >= 0.3 is 12.1 Å². The molecule has 182 valence electrons. The fourth-order valence-corrected chi connectivity index (χ4v) is 5.06. The topological polar surface area (TPSA) is 53.1 Å². The van der Waals surface area contributed by atoms with Gasteiger partial charge in [0.1, 0.15) is 6.04 Å². The number of ether oxygens (including phenoxy) is 1. The van der Waals surface area contributed by atoms with Gasteiger partial charge in [-0.3, -0.25) is 4.79 Å². The average Bonchev–Trinajstić information content (AvgIpc) is 3.59. The van der Waals surface area contributed by atoms with Crippen LogP contribution in [0.5, 0.6) is 0 Å². The molecule has 1 atom stereocenters. The molecule has 4 rings (SSSR count). The Morgan fingerprint density at radius 2 is 1.70 bits per heavy atom. The number of likely N-dealkylation sites (tertiary alicyclic amines) is 1. The van der Waals surface area contributed by atoms with Gasteiger partial charge in [0.05, 0.1) is 12.7 Å². The average molecular weight is 468 g/mol. The molecule has 2 aliphatic heterocycles. The van der Waals surface area contributed by atoms with E-state index in [4.69, 9.17) is 4.74 Å². The summed E-state index contributed by atoms with van der Waals surface area (Å²) >= 11 is 0. The molecule has 9 heteroatoms. The molecule has 0 aromatic heterocycles. The molecule has 2 saturated heterocycles. The molecule has 1 aromatic carbocycles. The molecule has 2 heterocycles. The number of hydrogen-bond donors (Lipinski definition) is 0. The zero-order valence-corrected chi connectivity index (χ0v) is 19.1. The number of amides is 1. The Hall–Kier alpha value is -2.29. The molecule has 0 N–H and O–H groups in total. The highest BCUT2D eigenvalue weighted by Gasteiger charge is 2.44. The van der Waals surface area contributed by atoms with Crippen LogP contribution in [0.3, 0.4) is 0 Å². The van der Waals surface area contributed by atoms with Crippen LogP contribution in [0.2, 0.25) is 0 Å². The minimum atomic E-state index is -4.38. The number of methoxy groups -OCH3 is 1. The van der Waals surface area contributed by atoms with Crippen LogP contribution in [0.25, 0.3) is 0 Å². The molecule has 1 aliphatic carbocycles. The molecule has 1 spiro atoms. The highest BCUT2D eigenvalue weighted by atomic mass is 19.4. The first kappa shape index (κ1) is 23.9. The summed E-state index contributed by atoms with van der Waals surface area (Å²) < 4.78 is 43.6. The maximum atomic E-state index is 12.9. The Balaban J connectivity index is 1.38. The minimum Gasteiger partial charge on any atom is -0.467 e. The van der Waals surface area contributed by atoms with Crippen molar-refractivity contribution in [1.82, 2.24) is 9.80 Å². The first-order valence-corrected chi connectivity index (χ1v) is 11.7. The van der Waals surface area contributed by atoms with Gasteiger partial charge in [-0.25, -0.2) is 4.79 Å². The van der Waals surface area contributed by atoms with Crippen molar-refractivity contribution in [2.75, 3.05) is 51.3 Å². The minimum absolute atomic E-state index is 0.129. The summed E-state index contributed by atoms with van der Waals surface area (Å²) in [5.41, 5.74) is 0.519. The molecule has 6 nitrogen and oxygen atoms in total. The summed E-state index contributed by atoms with van der Waals surface area (Å²) in [7, 11) is 1.34. The number of carbonyl (C=O) groups is 2. The number of anilines is 1. The molecule has 1 saturated carbocycles. The van der Waals surface area contributed by atoms with E-state index in [0.717, 1.165) is 31.8 Å². The van der Waals surface area contributed by atoms with Crippen LogP contribution in [0.4, 0.5) is 18.9 Å². The lowest BCUT2D eigenvalue weighted by atomic mass is 9.93. The molecule has 0 unspecified atom stereocenters. The van der Waals surface area contributed by atoms with Crippen molar-refractivity contribution in [3.63, 3.8) is 0 Å². The zero-order chi connectivity index (χ0) is 23.6. The lowest BCUT2D eigenvalue weighted by molar-refractivity contribution is -0.153. The Bertz CT molecular complexity index is 845. The van der Waals surface area contributed by atoms with Crippen molar-refractivity contribution in [1.29, 1.82) is 0 Å². The summed E-state index contributed by atoms with van der Waals surface area (Å²) in [5.74, 6) is -0.544. The second-order valence-corrected chi connectivity index (χ2v) is 9.54. The predicted octanol–water partition coefficient (Wildman–Crippen LogP) is 3.55. The molecule has 33 heavy (non-hydrogen) atoms. The first-order chi connectivity index (χ1) is 15.7. The van der Waals surface area contributed by atoms with Gasteiger partial charge in [-0.2, -0.15) is 13.2 Å². The van der Waals surface area contributed by atoms with Crippen LogP contribution in [0.15, 0.2) is 24.3 Å². The van der Waals surface area contributed by atoms with E-state index in [9.17, 15) is 22.8 Å². The standard InChI is InChI=1S/C24H32F3N3O3/c1-33-22(32)20(6-12-28-14-10-23(8-9-23)11-15-28)30-17-16-29(13-7-21(30)31)19-4-2-18(3-5-19)24(25,26)27/h2-5,20H,6-17H2,1H3/t20-/m0/s1. The Kier molecular flexibility index (Phi) is 6.88. The molecule has 1 aromatic rings. The van der Waals surface area contributed by atoms with E-state index in [-0.39, 0.29) is 12.3 Å². The normalized spacial score (nSPS) is 22.2. The number of nitrogens with zero attached hydrogens (tertiary/aromatic N) is 3. The van der Waals surface area contributed by atoms with Crippen molar-refractivity contribution in [3.8, 4) is 0 Å². The van der Waals surface area contributed by atoms with Crippen LogP contribution >= 0.6 is 0 Å². The third kappa shape index (κ3) is 5.62.